The Kier molecular flexibility index (Phi) is 8.07. The van der Waals surface area contributed by atoms with Crippen molar-refractivity contribution < 1.29 is 19.7 Å². The van der Waals surface area contributed by atoms with Gasteiger partial charge in [-0.05, 0) is 31.4 Å². The standard InChI is InChI=1S/C17H27N3O4/c21-15-8-11-20(17(23)14-7-6-9-18-19-14)10-4-2-1-3-5-12-24-13-16(15)22/h6-7,9,15-16,21-22H,1-5,8,10-13H2/t15-,16+/m0/s1. The molecule has 1 aliphatic heterocycles. The van der Waals surface area contributed by atoms with Crippen molar-refractivity contribution >= 4 is 5.91 Å². The Balaban J connectivity index is 1.99. The average Bonchev–Trinajstić information content (AvgIpc) is 2.61. The molecule has 2 rings (SSSR count). The number of hydrogen-bond acceptors (Lipinski definition) is 6. The lowest BCUT2D eigenvalue weighted by atomic mass is 10.1. The number of carbonyl (C=O) groups excluding carboxylic acids is 1. The minimum absolute atomic E-state index is 0.124. The molecular weight excluding hydrogens is 310 g/mol. The lowest BCUT2D eigenvalue weighted by molar-refractivity contribution is -0.0434. The zero-order valence-corrected chi connectivity index (χ0v) is 14.0. The Labute approximate surface area is 142 Å². The molecule has 7 heteroatoms. The Bertz CT molecular complexity index is 486. The summed E-state index contributed by atoms with van der Waals surface area (Å²) in [6.07, 6.45) is 5.06. The monoisotopic (exact) mass is 337 g/mol. The largest absolute Gasteiger partial charge is 0.390 e. The van der Waals surface area contributed by atoms with Crippen molar-refractivity contribution in [1.82, 2.24) is 15.1 Å². The number of hydrogen-bond donors (Lipinski definition) is 2. The van der Waals surface area contributed by atoms with Crippen molar-refractivity contribution in [2.45, 2.75) is 50.7 Å². The highest BCUT2D eigenvalue weighted by atomic mass is 16.5. The van der Waals surface area contributed by atoms with Crippen molar-refractivity contribution in [3.05, 3.63) is 24.0 Å². The van der Waals surface area contributed by atoms with E-state index < -0.39 is 12.2 Å². The predicted octanol–water partition coefficient (Wildman–Crippen LogP) is 1.01. The summed E-state index contributed by atoms with van der Waals surface area (Å²) < 4.78 is 5.40. The Hall–Kier alpha value is -1.57. The van der Waals surface area contributed by atoms with Crippen LogP contribution in [0.3, 0.4) is 0 Å². The van der Waals surface area contributed by atoms with Gasteiger partial charge in [-0.1, -0.05) is 19.3 Å². The van der Waals surface area contributed by atoms with Gasteiger partial charge in [-0.25, -0.2) is 0 Å². The maximum atomic E-state index is 12.6. The molecule has 1 saturated heterocycles. The van der Waals surface area contributed by atoms with E-state index in [1.807, 2.05) is 0 Å². The lowest BCUT2D eigenvalue weighted by Gasteiger charge is -2.25. The van der Waals surface area contributed by atoms with E-state index >= 15 is 0 Å². The van der Waals surface area contributed by atoms with Crippen molar-refractivity contribution in [3.63, 3.8) is 0 Å². The van der Waals surface area contributed by atoms with Crippen molar-refractivity contribution in [3.8, 4) is 0 Å². The summed E-state index contributed by atoms with van der Waals surface area (Å²) in [5.74, 6) is -0.187. The molecule has 24 heavy (non-hydrogen) atoms. The average molecular weight is 337 g/mol. The van der Waals surface area contributed by atoms with E-state index in [9.17, 15) is 15.0 Å². The quantitative estimate of drug-likeness (QED) is 0.794. The normalized spacial score (nSPS) is 25.0. The molecule has 0 saturated carbocycles. The van der Waals surface area contributed by atoms with E-state index in [2.05, 4.69) is 10.2 Å². The second-order valence-corrected chi connectivity index (χ2v) is 6.17. The SMILES string of the molecule is O=C(c1cccnn1)N1CCCCCCCOC[C@@H](O)[C@@H](O)CC1. The Morgan fingerprint density at radius 3 is 2.71 bits per heavy atom. The van der Waals surface area contributed by atoms with Gasteiger partial charge >= 0.3 is 0 Å². The van der Waals surface area contributed by atoms with Crippen LogP contribution in [-0.4, -0.2) is 69.7 Å². The Morgan fingerprint density at radius 1 is 1.12 bits per heavy atom. The fourth-order valence-electron chi connectivity index (χ4n) is 2.73. The highest BCUT2D eigenvalue weighted by Crippen LogP contribution is 2.11. The van der Waals surface area contributed by atoms with Crippen LogP contribution >= 0.6 is 0 Å². The lowest BCUT2D eigenvalue weighted by Crippen LogP contribution is -2.38. The zero-order valence-electron chi connectivity index (χ0n) is 14.0. The summed E-state index contributed by atoms with van der Waals surface area (Å²) in [6, 6.07) is 3.32. The van der Waals surface area contributed by atoms with E-state index in [-0.39, 0.29) is 12.5 Å². The Morgan fingerprint density at radius 2 is 1.92 bits per heavy atom. The molecule has 0 aromatic carbocycles. The van der Waals surface area contributed by atoms with Crippen molar-refractivity contribution in [1.29, 1.82) is 0 Å². The molecule has 0 aliphatic carbocycles. The third kappa shape index (κ3) is 6.14. The van der Waals surface area contributed by atoms with E-state index in [0.717, 1.165) is 32.1 Å². The number of aliphatic hydroxyl groups is 2. The number of amides is 1. The maximum Gasteiger partial charge on any atom is 0.274 e. The molecule has 0 unspecified atom stereocenters. The van der Waals surface area contributed by atoms with Gasteiger partial charge in [0.05, 0.1) is 12.7 Å². The number of rotatable bonds is 1. The highest BCUT2D eigenvalue weighted by Gasteiger charge is 2.21. The fourth-order valence-corrected chi connectivity index (χ4v) is 2.73. The van der Waals surface area contributed by atoms with Crippen LogP contribution in [0.25, 0.3) is 0 Å². The summed E-state index contributed by atoms with van der Waals surface area (Å²) in [5, 5.41) is 27.6. The third-order valence-electron chi connectivity index (χ3n) is 4.22. The molecule has 1 aromatic rings. The first-order chi connectivity index (χ1) is 11.7. The minimum Gasteiger partial charge on any atom is -0.390 e. The summed E-state index contributed by atoms with van der Waals surface area (Å²) in [7, 11) is 0. The molecule has 0 bridgehead atoms. The van der Waals surface area contributed by atoms with E-state index in [4.69, 9.17) is 4.74 Å². The van der Waals surface area contributed by atoms with Gasteiger partial charge in [-0.3, -0.25) is 4.79 Å². The van der Waals surface area contributed by atoms with Crippen LogP contribution in [0.15, 0.2) is 18.3 Å². The predicted molar refractivity (Wildman–Crippen MR) is 88.5 cm³/mol. The number of ether oxygens (including phenoxy) is 1. The molecule has 2 atom stereocenters. The summed E-state index contributed by atoms with van der Waals surface area (Å²) in [5.41, 5.74) is 0.303. The van der Waals surface area contributed by atoms with Crippen LogP contribution in [-0.2, 0) is 4.74 Å². The van der Waals surface area contributed by atoms with Crippen LogP contribution in [0.1, 0.15) is 49.0 Å². The number of nitrogens with zero attached hydrogens (tertiary/aromatic N) is 3. The van der Waals surface area contributed by atoms with Crippen LogP contribution in [0, 0.1) is 0 Å². The second-order valence-electron chi connectivity index (χ2n) is 6.17. The molecule has 2 heterocycles. The molecule has 2 N–H and O–H groups in total. The highest BCUT2D eigenvalue weighted by molar-refractivity contribution is 5.92. The molecule has 1 amide bonds. The molecular formula is C17H27N3O4. The van der Waals surface area contributed by atoms with Gasteiger partial charge in [0, 0.05) is 25.9 Å². The van der Waals surface area contributed by atoms with E-state index in [0.29, 0.717) is 31.8 Å². The number of aliphatic hydroxyl groups excluding tert-OH is 2. The van der Waals surface area contributed by atoms with Gasteiger partial charge in [0.25, 0.3) is 5.91 Å². The summed E-state index contributed by atoms with van der Waals surface area (Å²) >= 11 is 0. The smallest absolute Gasteiger partial charge is 0.274 e. The third-order valence-corrected chi connectivity index (χ3v) is 4.22. The van der Waals surface area contributed by atoms with Crippen molar-refractivity contribution in [2.75, 3.05) is 26.3 Å². The van der Waals surface area contributed by atoms with E-state index in [1.165, 1.54) is 6.20 Å². The number of carbonyl (C=O) groups is 1. The van der Waals surface area contributed by atoms with Crippen LogP contribution < -0.4 is 0 Å². The summed E-state index contributed by atoms with van der Waals surface area (Å²) in [4.78, 5) is 14.3. The minimum atomic E-state index is -0.929. The topological polar surface area (TPSA) is 95.8 Å². The van der Waals surface area contributed by atoms with Crippen LogP contribution in [0.2, 0.25) is 0 Å². The molecule has 7 nitrogen and oxygen atoms in total. The van der Waals surface area contributed by atoms with Gasteiger partial charge in [0.2, 0.25) is 0 Å². The van der Waals surface area contributed by atoms with Gasteiger partial charge in [-0.15, -0.1) is 5.10 Å². The van der Waals surface area contributed by atoms with Crippen LogP contribution in [0.5, 0.6) is 0 Å². The molecule has 1 aliphatic rings. The van der Waals surface area contributed by atoms with Crippen molar-refractivity contribution in [2.24, 2.45) is 0 Å². The van der Waals surface area contributed by atoms with Gasteiger partial charge in [0.1, 0.15) is 6.10 Å². The zero-order chi connectivity index (χ0) is 17.2. The van der Waals surface area contributed by atoms with E-state index in [1.54, 1.807) is 17.0 Å². The van der Waals surface area contributed by atoms with Gasteiger partial charge < -0.3 is 19.8 Å². The molecule has 0 radical (unpaired) electrons. The molecule has 1 aromatic heterocycles. The molecule has 1 fully saturated rings. The van der Waals surface area contributed by atoms with Crippen LogP contribution in [0.4, 0.5) is 0 Å². The first-order valence-electron chi connectivity index (χ1n) is 8.69. The molecule has 0 spiro atoms. The molecule has 134 valence electrons. The second kappa shape index (κ2) is 10.3. The number of aromatic nitrogens is 2. The first kappa shape index (κ1) is 18.8. The van der Waals surface area contributed by atoms with Gasteiger partial charge in [-0.2, -0.15) is 5.10 Å². The first-order valence-corrected chi connectivity index (χ1v) is 8.69. The summed E-state index contributed by atoms with van der Waals surface area (Å²) in [6.45, 7) is 1.72. The van der Waals surface area contributed by atoms with Gasteiger partial charge in [0.15, 0.2) is 5.69 Å². The fraction of sp³-hybridized carbons (Fsp3) is 0.706. The maximum absolute atomic E-state index is 12.6.